The highest BCUT2D eigenvalue weighted by atomic mass is 35.5. The van der Waals surface area contributed by atoms with Crippen molar-refractivity contribution in [3.8, 4) is 0 Å². The second-order valence-electron chi connectivity index (χ2n) is 4.66. The molecule has 3 nitrogen and oxygen atoms in total. The van der Waals surface area contributed by atoms with Crippen LogP contribution in [0.25, 0.3) is 6.08 Å². The van der Waals surface area contributed by atoms with Crippen LogP contribution in [-0.2, 0) is 4.79 Å². The number of likely N-dealkylation sites (tertiary alicyclic amines) is 1. The molecule has 0 bridgehead atoms. The quantitative estimate of drug-likeness (QED) is 0.853. The fourth-order valence-corrected chi connectivity index (χ4v) is 2.14. The SMILES string of the molecule is Cl.NC1CCCN(C(=O)C=Cc2c(F)cccc2F)C1. The van der Waals surface area contributed by atoms with E-state index in [0.717, 1.165) is 25.0 Å². The zero-order valence-electron chi connectivity index (χ0n) is 10.9. The summed E-state index contributed by atoms with van der Waals surface area (Å²) in [7, 11) is 0. The molecular formula is C14H17ClF2N2O. The number of halogens is 3. The van der Waals surface area contributed by atoms with Crippen molar-refractivity contribution in [3.63, 3.8) is 0 Å². The van der Waals surface area contributed by atoms with Crippen molar-refractivity contribution in [2.75, 3.05) is 13.1 Å². The molecule has 0 spiro atoms. The maximum Gasteiger partial charge on any atom is 0.246 e. The molecule has 1 amide bonds. The Balaban J connectivity index is 0.00000200. The average Bonchev–Trinajstić information content (AvgIpc) is 2.38. The molecular weight excluding hydrogens is 286 g/mol. The molecule has 0 radical (unpaired) electrons. The minimum absolute atomic E-state index is 0. The van der Waals surface area contributed by atoms with E-state index in [0.29, 0.717) is 13.1 Å². The number of amides is 1. The highest BCUT2D eigenvalue weighted by molar-refractivity contribution is 5.91. The van der Waals surface area contributed by atoms with Gasteiger partial charge in [-0.1, -0.05) is 6.07 Å². The summed E-state index contributed by atoms with van der Waals surface area (Å²) in [4.78, 5) is 13.5. The Bertz CT molecular complexity index is 488. The van der Waals surface area contributed by atoms with Crippen LogP contribution < -0.4 is 5.73 Å². The van der Waals surface area contributed by atoms with E-state index in [9.17, 15) is 13.6 Å². The molecule has 1 heterocycles. The van der Waals surface area contributed by atoms with Crippen LogP contribution in [0, 0.1) is 11.6 Å². The van der Waals surface area contributed by atoms with Gasteiger partial charge in [-0.05, 0) is 31.1 Å². The van der Waals surface area contributed by atoms with Gasteiger partial charge in [-0.25, -0.2) is 8.78 Å². The van der Waals surface area contributed by atoms with E-state index in [1.54, 1.807) is 4.90 Å². The first-order valence-corrected chi connectivity index (χ1v) is 6.24. The summed E-state index contributed by atoms with van der Waals surface area (Å²) >= 11 is 0. The molecule has 1 aromatic rings. The standard InChI is InChI=1S/C14H16F2N2O.ClH/c15-12-4-1-5-13(16)11(12)6-7-14(19)18-8-2-3-10(17)9-18;/h1,4-7,10H,2-3,8-9,17H2;1H. The summed E-state index contributed by atoms with van der Waals surface area (Å²) in [6.45, 7) is 1.12. The third-order valence-electron chi connectivity index (χ3n) is 3.16. The molecule has 1 atom stereocenters. The van der Waals surface area contributed by atoms with Crippen molar-refractivity contribution >= 4 is 24.4 Å². The Morgan fingerprint density at radius 2 is 2.00 bits per heavy atom. The van der Waals surface area contributed by atoms with E-state index in [1.165, 1.54) is 18.2 Å². The van der Waals surface area contributed by atoms with Crippen molar-refractivity contribution in [1.29, 1.82) is 0 Å². The lowest BCUT2D eigenvalue weighted by molar-refractivity contribution is -0.127. The van der Waals surface area contributed by atoms with E-state index in [4.69, 9.17) is 5.73 Å². The van der Waals surface area contributed by atoms with Crippen molar-refractivity contribution in [1.82, 2.24) is 4.90 Å². The van der Waals surface area contributed by atoms with E-state index < -0.39 is 11.6 Å². The van der Waals surface area contributed by atoms with E-state index in [1.807, 2.05) is 0 Å². The predicted molar refractivity (Wildman–Crippen MR) is 76.4 cm³/mol. The molecule has 2 N–H and O–H groups in total. The van der Waals surface area contributed by atoms with Crippen molar-refractivity contribution in [3.05, 3.63) is 41.5 Å². The molecule has 20 heavy (non-hydrogen) atoms. The molecule has 110 valence electrons. The molecule has 1 aliphatic rings. The molecule has 0 aromatic heterocycles. The van der Waals surface area contributed by atoms with Gasteiger partial charge >= 0.3 is 0 Å². The first kappa shape index (κ1) is 16.6. The van der Waals surface area contributed by atoms with Crippen molar-refractivity contribution < 1.29 is 13.6 Å². The second-order valence-corrected chi connectivity index (χ2v) is 4.66. The first-order chi connectivity index (χ1) is 9.08. The van der Waals surface area contributed by atoms with Crippen molar-refractivity contribution in [2.45, 2.75) is 18.9 Å². The fraction of sp³-hybridized carbons (Fsp3) is 0.357. The Morgan fingerprint density at radius 3 is 2.60 bits per heavy atom. The largest absolute Gasteiger partial charge is 0.338 e. The Hall–Kier alpha value is -1.46. The molecule has 1 saturated heterocycles. The normalized spacial score (nSPS) is 18.9. The number of nitrogens with zero attached hydrogens (tertiary/aromatic N) is 1. The molecule has 2 rings (SSSR count). The molecule has 1 aliphatic heterocycles. The smallest absolute Gasteiger partial charge is 0.246 e. The number of hydrogen-bond acceptors (Lipinski definition) is 2. The van der Waals surface area contributed by atoms with Gasteiger partial charge in [0, 0.05) is 30.8 Å². The fourth-order valence-electron chi connectivity index (χ4n) is 2.14. The van der Waals surface area contributed by atoms with Crippen LogP contribution in [0.15, 0.2) is 24.3 Å². The number of benzene rings is 1. The topological polar surface area (TPSA) is 46.3 Å². The minimum atomic E-state index is -0.681. The van der Waals surface area contributed by atoms with Crippen LogP contribution in [-0.4, -0.2) is 29.9 Å². The summed E-state index contributed by atoms with van der Waals surface area (Å²) in [5, 5.41) is 0. The maximum atomic E-state index is 13.4. The highest BCUT2D eigenvalue weighted by Gasteiger charge is 2.19. The van der Waals surface area contributed by atoms with Gasteiger partial charge in [-0.3, -0.25) is 4.79 Å². The molecule has 0 saturated carbocycles. The van der Waals surface area contributed by atoms with Crippen LogP contribution in [0.4, 0.5) is 8.78 Å². The zero-order valence-corrected chi connectivity index (χ0v) is 11.7. The van der Waals surface area contributed by atoms with E-state index in [2.05, 4.69) is 0 Å². The number of rotatable bonds is 2. The number of nitrogens with two attached hydrogens (primary N) is 1. The van der Waals surface area contributed by atoms with Gasteiger partial charge in [0.1, 0.15) is 11.6 Å². The Labute approximate surface area is 122 Å². The van der Waals surface area contributed by atoms with Gasteiger partial charge in [0.05, 0.1) is 0 Å². The van der Waals surface area contributed by atoms with Crippen LogP contribution in [0.3, 0.4) is 0 Å². The Morgan fingerprint density at radius 1 is 1.35 bits per heavy atom. The number of carbonyl (C=O) groups is 1. The molecule has 1 unspecified atom stereocenters. The predicted octanol–water partition coefficient (Wildman–Crippen LogP) is 2.35. The summed E-state index contributed by atoms with van der Waals surface area (Å²) in [6.07, 6.45) is 4.12. The number of carbonyl (C=O) groups excluding carboxylic acids is 1. The highest BCUT2D eigenvalue weighted by Crippen LogP contribution is 2.14. The monoisotopic (exact) mass is 302 g/mol. The summed E-state index contributed by atoms with van der Waals surface area (Å²) < 4.78 is 26.7. The lowest BCUT2D eigenvalue weighted by atomic mass is 10.1. The van der Waals surface area contributed by atoms with Crippen LogP contribution in [0.1, 0.15) is 18.4 Å². The lowest BCUT2D eigenvalue weighted by Crippen LogP contribution is -2.45. The summed E-state index contributed by atoms with van der Waals surface area (Å²) in [5.74, 6) is -1.63. The minimum Gasteiger partial charge on any atom is -0.338 e. The van der Waals surface area contributed by atoms with Crippen LogP contribution >= 0.6 is 12.4 Å². The first-order valence-electron chi connectivity index (χ1n) is 6.24. The second kappa shape index (κ2) is 7.36. The van der Waals surface area contributed by atoms with E-state index in [-0.39, 0.29) is 29.9 Å². The average molecular weight is 303 g/mol. The van der Waals surface area contributed by atoms with Gasteiger partial charge in [0.25, 0.3) is 0 Å². The molecule has 1 fully saturated rings. The van der Waals surface area contributed by atoms with Gasteiger partial charge in [-0.15, -0.1) is 12.4 Å². The van der Waals surface area contributed by atoms with Gasteiger partial charge in [0.15, 0.2) is 0 Å². The van der Waals surface area contributed by atoms with Gasteiger partial charge in [0.2, 0.25) is 5.91 Å². The molecule has 1 aromatic carbocycles. The number of piperidine rings is 1. The van der Waals surface area contributed by atoms with Crippen molar-refractivity contribution in [2.24, 2.45) is 5.73 Å². The van der Waals surface area contributed by atoms with Crippen LogP contribution in [0.5, 0.6) is 0 Å². The lowest BCUT2D eigenvalue weighted by Gasteiger charge is -2.29. The van der Waals surface area contributed by atoms with E-state index >= 15 is 0 Å². The Kier molecular flexibility index (Phi) is 6.10. The third kappa shape index (κ3) is 4.02. The summed E-state index contributed by atoms with van der Waals surface area (Å²) in [5.41, 5.74) is 5.58. The number of hydrogen-bond donors (Lipinski definition) is 1. The molecule has 6 heteroatoms. The van der Waals surface area contributed by atoms with Gasteiger partial charge < -0.3 is 10.6 Å². The third-order valence-corrected chi connectivity index (χ3v) is 3.16. The van der Waals surface area contributed by atoms with Gasteiger partial charge in [-0.2, -0.15) is 0 Å². The van der Waals surface area contributed by atoms with Crippen LogP contribution in [0.2, 0.25) is 0 Å². The summed E-state index contributed by atoms with van der Waals surface area (Å²) in [6, 6.07) is 3.58. The molecule has 0 aliphatic carbocycles. The maximum absolute atomic E-state index is 13.4. The zero-order chi connectivity index (χ0) is 13.8.